The minimum Gasteiger partial charge on any atom is -0.462 e. The summed E-state index contributed by atoms with van der Waals surface area (Å²) in [6.45, 7) is 9.49. The maximum absolute atomic E-state index is 13.0. The number of esters is 4. The molecule has 0 aromatic carbocycles. The number of phosphoric acid groups is 2. The lowest BCUT2D eigenvalue weighted by Crippen LogP contribution is -2.30. The summed E-state index contributed by atoms with van der Waals surface area (Å²) in [4.78, 5) is 72.5. The van der Waals surface area contributed by atoms with Crippen molar-refractivity contribution in [2.24, 2.45) is 11.8 Å². The summed E-state index contributed by atoms with van der Waals surface area (Å²) in [7, 11) is -9.90. The molecule has 0 aliphatic heterocycles. The van der Waals surface area contributed by atoms with E-state index in [2.05, 4.69) is 41.5 Å². The van der Waals surface area contributed by atoms with Gasteiger partial charge in [0.15, 0.2) is 12.2 Å². The molecule has 0 saturated heterocycles. The van der Waals surface area contributed by atoms with E-state index in [1.54, 1.807) is 0 Å². The normalized spacial score (nSPS) is 14.2. The van der Waals surface area contributed by atoms with Crippen molar-refractivity contribution in [3.63, 3.8) is 0 Å². The predicted molar refractivity (Wildman–Crippen MR) is 354 cm³/mol. The number of hydrogen-bond donors (Lipinski definition) is 3. The van der Waals surface area contributed by atoms with Gasteiger partial charge in [0.25, 0.3) is 0 Å². The molecule has 0 saturated carbocycles. The summed E-state index contributed by atoms with van der Waals surface area (Å²) >= 11 is 0. The van der Waals surface area contributed by atoms with Crippen LogP contribution >= 0.6 is 15.6 Å². The first-order valence-electron chi connectivity index (χ1n) is 36.0. The SMILES string of the molecule is CCCCCCCCCCCCCCC(=O)OC[C@H](COP(=O)(O)OC[C@@H](O)COP(=O)(O)OC[C@@H](COC(=O)CCCCCCCCCC(C)C)OC(=O)CCCCCCCCCCCCCC)OC(=O)CCCCCCCCCCCCCC(C)C. The van der Waals surface area contributed by atoms with Crippen LogP contribution in [0.3, 0.4) is 0 Å². The Morgan fingerprint density at radius 3 is 0.773 bits per heavy atom. The van der Waals surface area contributed by atoms with Crippen LogP contribution in [0.25, 0.3) is 0 Å². The Labute approximate surface area is 537 Å². The summed E-state index contributed by atoms with van der Waals surface area (Å²) in [5.41, 5.74) is 0. The van der Waals surface area contributed by atoms with Crippen LogP contribution < -0.4 is 0 Å². The monoisotopic (exact) mass is 1300 g/mol. The lowest BCUT2D eigenvalue weighted by atomic mass is 10.0. The second-order valence-electron chi connectivity index (χ2n) is 25.9. The third-order valence-electron chi connectivity index (χ3n) is 16.0. The highest BCUT2D eigenvalue weighted by atomic mass is 31.2. The fourth-order valence-corrected chi connectivity index (χ4v) is 12.0. The van der Waals surface area contributed by atoms with Gasteiger partial charge in [-0.25, -0.2) is 9.13 Å². The Balaban J connectivity index is 5.25. The summed E-state index contributed by atoms with van der Waals surface area (Å²) in [6.07, 6.45) is 45.7. The first-order valence-corrected chi connectivity index (χ1v) is 39.0. The van der Waals surface area contributed by atoms with E-state index in [0.29, 0.717) is 31.6 Å². The van der Waals surface area contributed by atoms with Gasteiger partial charge in [-0.1, -0.05) is 298 Å². The van der Waals surface area contributed by atoms with Crippen LogP contribution in [0.4, 0.5) is 0 Å². The minimum atomic E-state index is -4.95. The van der Waals surface area contributed by atoms with E-state index in [1.165, 1.54) is 161 Å². The van der Waals surface area contributed by atoms with Crippen LogP contribution in [-0.2, 0) is 65.4 Å². The van der Waals surface area contributed by atoms with E-state index in [9.17, 15) is 43.2 Å². The number of carbonyl (C=O) groups excluding carboxylic acids is 4. The molecule has 0 rings (SSSR count). The number of rotatable bonds is 68. The van der Waals surface area contributed by atoms with Crippen LogP contribution in [0.5, 0.6) is 0 Å². The van der Waals surface area contributed by atoms with Gasteiger partial charge in [0.2, 0.25) is 0 Å². The van der Waals surface area contributed by atoms with Gasteiger partial charge in [0, 0.05) is 25.7 Å². The third-order valence-corrected chi connectivity index (χ3v) is 17.9. The van der Waals surface area contributed by atoms with Gasteiger partial charge >= 0.3 is 39.5 Å². The molecule has 88 heavy (non-hydrogen) atoms. The molecule has 0 fully saturated rings. The largest absolute Gasteiger partial charge is 0.472 e. The van der Waals surface area contributed by atoms with Gasteiger partial charge in [0.1, 0.15) is 19.3 Å². The maximum atomic E-state index is 13.0. The van der Waals surface area contributed by atoms with E-state index >= 15 is 0 Å². The van der Waals surface area contributed by atoms with Crippen LogP contribution in [0, 0.1) is 11.8 Å². The van der Waals surface area contributed by atoms with Crippen LogP contribution in [-0.4, -0.2) is 96.7 Å². The van der Waals surface area contributed by atoms with Gasteiger partial charge in [-0.05, 0) is 37.5 Å². The van der Waals surface area contributed by atoms with Crippen molar-refractivity contribution in [3.8, 4) is 0 Å². The van der Waals surface area contributed by atoms with Crippen molar-refractivity contribution in [1.82, 2.24) is 0 Å². The molecule has 0 aromatic heterocycles. The quantitative estimate of drug-likeness (QED) is 0.0222. The number of aliphatic hydroxyl groups excluding tert-OH is 1. The molecule has 19 heteroatoms. The number of unbranched alkanes of at least 4 members (excludes halogenated alkanes) is 38. The Morgan fingerprint density at radius 2 is 0.523 bits per heavy atom. The Bertz CT molecular complexity index is 1720. The Morgan fingerprint density at radius 1 is 0.307 bits per heavy atom. The lowest BCUT2D eigenvalue weighted by molar-refractivity contribution is -0.161. The standard InChI is InChI=1S/C69H134O17P2/c1-7-9-11-13-15-17-19-23-27-33-39-45-51-66(71)79-57-64(85-69(74)54-48-42-35-29-25-21-22-26-31-37-43-49-61(3)4)59-83-87(75,76)81-55-63(70)56-82-88(77,78)84-60-65(58-80-67(72)52-46-40-36-30-32-38-44-50-62(5)6)86-68(73)53-47-41-34-28-24-20-18-16-14-12-10-8-2/h61-65,70H,7-60H2,1-6H3,(H,75,76)(H,77,78)/t63-,64-,65-/m1/s1. The summed E-state index contributed by atoms with van der Waals surface area (Å²) in [6, 6.07) is 0. The van der Waals surface area contributed by atoms with Gasteiger partial charge in [0.05, 0.1) is 26.4 Å². The van der Waals surface area contributed by atoms with Crippen molar-refractivity contribution in [2.75, 3.05) is 39.6 Å². The Kier molecular flexibility index (Phi) is 59.9. The second kappa shape index (κ2) is 61.3. The van der Waals surface area contributed by atoms with E-state index in [1.807, 2.05) is 0 Å². The van der Waals surface area contributed by atoms with E-state index in [4.69, 9.17) is 37.0 Å². The average Bonchev–Trinajstić information content (AvgIpc) is 3.59. The molecule has 0 aliphatic rings. The summed E-state index contributed by atoms with van der Waals surface area (Å²) in [5.74, 6) is -0.654. The minimum absolute atomic E-state index is 0.106. The smallest absolute Gasteiger partial charge is 0.462 e. The molecule has 522 valence electrons. The first kappa shape index (κ1) is 86.1. The highest BCUT2D eigenvalue weighted by molar-refractivity contribution is 7.47. The molecule has 0 aromatic rings. The molecule has 17 nitrogen and oxygen atoms in total. The molecule has 3 N–H and O–H groups in total. The number of phosphoric ester groups is 2. The highest BCUT2D eigenvalue weighted by Crippen LogP contribution is 2.45. The van der Waals surface area contributed by atoms with Gasteiger partial charge < -0.3 is 33.8 Å². The number of hydrogen-bond acceptors (Lipinski definition) is 15. The fraction of sp³-hybridized carbons (Fsp3) is 0.942. The maximum Gasteiger partial charge on any atom is 0.472 e. The Hall–Kier alpha value is -1.94. The summed E-state index contributed by atoms with van der Waals surface area (Å²) < 4.78 is 68.2. The topological polar surface area (TPSA) is 237 Å². The van der Waals surface area contributed by atoms with Gasteiger partial charge in [-0.2, -0.15) is 0 Å². The average molecular weight is 1300 g/mol. The fourth-order valence-electron chi connectivity index (χ4n) is 10.4. The zero-order valence-corrected chi connectivity index (χ0v) is 58.8. The zero-order valence-electron chi connectivity index (χ0n) is 57.0. The van der Waals surface area contributed by atoms with Gasteiger partial charge in [-0.15, -0.1) is 0 Å². The number of ether oxygens (including phenoxy) is 4. The highest BCUT2D eigenvalue weighted by Gasteiger charge is 2.30. The number of aliphatic hydroxyl groups is 1. The zero-order chi connectivity index (χ0) is 65.0. The number of carbonyl (C=O) groups is 4. The molecule has 2 unspecified atom stereocenters. The molecule has 5 atom stereocenters. The molecule has 0 spiro atoms. The molecule has 0 radical (unpaired) electrons. The van der Waals surface area contributed by atoms with Crippen molar-refractivity contribution < 1.29 is 80.2 Å². The molecule has 0 heterocycles. The van der Waals surface area contributed by atoms with Crippen molar-refractivity contribution >= 4 is 39.5 Å². The molecule has 0 aliphatic carbocycles. The second-order valence-corrected chi connectivity index (χ2v) is 28.8. The van der Waals surface area contributed by atoms with Crippen molar-refractivity contribution in [2.45, 2.75) is 368 Å². The molecule has 0 bridgehead atoms. The van der Waals surface area contributed by atoms with Crippen LogP contribution in [0.15, 0.2) is 0 Å². The van der Waals surface area contributed by atoms with Crippen molar-refractivity contribution in [1.29, 1.82) is 0 Å². The van der Waals surface area contributed by atoms with Crippen LogP contribution in [0.1, 0.15) is 350 Å². The van der Waals surface area contributed by atoms with Gasteiger partial charge in [-0.3, -0.25) is 37.3 Å². The van der Waals surface area contributed by atoms with E-state index in [0.717, 1.165) is 102 Å². The van der Waals surface area contributed by atoms with Crippen molar-refractivity contribution in [3.05, 3.63) is 0 Å². The third kappa shape index (κ3) is 62.8. The molecular formula is C69H134O17P2. The van der Waals surface area contributed by atoms with Crippen LogP contribution in [0.2, 0.25) is 0 Å². The molecule has 0 amide bonds. The first-order chi connectivity index (χ1) is 42.4. The predicted octanol–water partition coefficient (Wildman–Crippen LogP) is 19.6. The summed E-state index contributed by atoms with van der Waals surface area (Å²) in [5, 5.41) is 10.6. The van der Waals surface area contributed by atoms with E-state index < -0.39 is 97.5 Å². The molecular weight excluding hydrogens is 1160 g/mol. The van der Waals surface area contributed by atoms with E-state index in [-0.39, 0.29) is 25.7 Å². The lowest BCUT2D eigenvalue weighted by Gasteiger charge is -2.21.